The van der Waals surface area contributed by atoms with Crippen LogP contribution in [0.3, 0.4) is 0 Å². The molecule has 2 aliphatic heterocycles. The molecule has 6 N–H and O–H groups in total. The van der Waals surface area contributed by atoms with Gasteiger partial charge in [-0.3, -0.25) is 9.59 Å². The third-order valence-corrected chi connectivity index (χ3v) is 10.4. The monoisotopic (exact) mass is 993 g/mol. The van der Waals surface area contributed by atoms with Crippen molar-refractivity contribution in [3.05, 3.63) is 10.4 Å². The molecule has 5 unspecified atom stereocenters. The van der Waals surface area contributed by atoms with E-state index in [-0.39, 0.29) is 44.3 Å². The molecule has 68 heavy (non-hydrogen) atoms. The lowest BCUT2D eigenvalue weighted by atomic mass is 9.89. The molecule has 400 valence electrons. The van der Waals surface area contributed by atoms with Crippen molar-refractivity contribution in [2.45, 2.75) is 88.4 Å². The number of nitrogens with one attached hydrogen (secondary N) is 2. The van der Waals surface area contributed by atoms with Gasteiger partial charge in [-0.2, -0.15) is 0 Å². The summed E-state index contributed by atoms with van der Waals surface area (Å²) in [6, 6.07) is -3.26. The van der Waals surface area contributed by atoms with E-state index in [1.54, 1.807) is 21.0 Å². The Hall–Kier alpha value is -2.78. The summed E-state index contributed by atoms with van der Waals surface area (Å²) in [6.07, 6.45) is -9.65. The highest BCUT2D eigenvalue weighted by Crippen LogP contribution is 2.33. The molecule has 2 heterocycles. The molecule has 0 radical (unpaired) electrons. The second-order valence-electron chi connectivity index (χ2n) is 15.5. The molecular weight excluding hydrogens is 914 g/mol. The van der Waals surface area contributed by atoms with Crippen LogP contribution in [0.25, 0.3) is 0 Å². The van der Waals surface area contributed by atoms with Gasteiger partial charge in [0.25, 0.3) is 0 Å². The van der Waals surface area contributed by atoms with E-state index in [1.807, 2.05) is 0 Å². The zero-order valence-corrected chi connectivity index (χ0v) is 40.1. The highest BCUT2D eigenvalue weighted by molar-refractivity contribution is 5.73. The van der Waals surface area contributed by atoms with Crippen LogP contribution in [-0.4, -0.2) is 263 Å². The highest BCUT2D eigenvalue weighted by atomic mass is 16.7. The van der Waals surface area contributed by atoms with E-state index in [4.69, 9.17) is 66.3 Å². The number of carbonyl (C=O) groups excluding carboxylic acids is 2. The van der Waals surface area contributed by atoms with Gasteiger partial charge in [0.15, 0.2) is 18.6 Å². The number of hydrogen-bond donors (Lipinski definition) is 6. The van der Waals surface area contributed by atoms with Gasteiger partial charge in [0.2, 0.25) is 5.91 Å². The van der Waals surface area contributed by atoms with Crippen molar-refractivity contribution in [1.29, 1.82) is 0 Å². The molecule has 0 aromatic rings. The Balaban J connectivity index is 1.60. The summed E-state index contributed by atoms with van der Waals surface area (Å²) in [5.41, 5.74) is 0. The standard InChI is InChI=1S/C41H79N5O22/c1-29(26-45(46(54)44-53)36-38(52)39(33(28-48)67-41(36)56-5)68-40-35(43-31(3)49)37(51)30(2)32(27-47)66-40)42-7-6-34(50)65-25-24-64-23-22-63-21-20-62-19-18-61-17-16-60-15-14-59-13-12-58-11-10-57-9-8-55-4/h29-30,32-33,35-42,47-48,51-53H,6-28H2,1-5H3,(H,43,49)/p-1/b46-44-/t29?,30-,32?,33?,35?,36?,37+,38-,39-,40+,41-/m1/s1. The molecule has 2 saturated heterocycles. The normalized spacial score (nSPS) is 25.9. The van der Waals surface area contributed by atoms with Crippen molar-refractivity contribution >= 4 is 11.9 Å². The predicted octanol–water partition coefficient (Wildman–Crippen LogP) is -2.95. The summed E-state index contributed by atoms with van der Waals surface area (Å²) >= 11 is 0. The van der Waals surface area contributed by atoms with Crippen LogP contribution in [0.5, 0.6) is 0 Å². The Kier molecular flexibility index (Phi) is 34.2. The largest absolute Gasteiger partial charge is 0.737 e. The van der Waals surface area contributed by atoms with Crippen LogP contribution in [0.2, 0.25) is 0 Å². The van der Waals surface area contributed by atoms with E-state index in [9.17, 15) is 40.4 Å². The molecule has 2 fully saturated rings. The van der Waals surface area contributed by atoms with Crippen molar-refractivity contribution in [2.75, 3.05) is 159 Å². The van der Waals surface area contributed by atoms with Gasteiger partial charge in [-0.05, 0) is 12.2 Å². The van der Waals surface area contributed by atoms with E-state index >= 15 is 0 Å². The molecule has 1 amide bonds. The summed E-state index contributed by atoms with van der Waals surface area (Å²) in [5, 5.41) is 76.1. The number of carbonyl (C=O) groups is 2. The van der Waals surface area contributed by atoms with Gasteiger partial charge in [-0.25, -0.2) is 0 Å². The molecule has 0 aliphatic carbocycles. The lowest BCUT2D eigenvalue weighted by Gasteiger charge is -2.49. The third kappa shape index (κ3) is 24.4. The first-order valence-electron chi connectivity index (χ1n) is 22.8. The summed E-state index contributed by atoms with van der Waals surface area (Å²) in [5.74, 6) is -1.69. The molecular formula is C41H78N5O22-. The first kappa shape index (κ1) is 61.3. The Morgan fingerprint density at radius 2 is 1.18 bits per heavy atom. The number of ether oxygens (including phenoxy) is 14. The topological polar surface area (TPSA) is 333 Å². The quantitative estimate of drug-likeness (QED) is 0.0117. The molecule has 2 aliphatic rings. The first-order chi connectivity index (χ1) is 32.9. The van der Waals surface area contributed by atoms with Gasteiger partial charge in [0.05, 0.1) is 151 Å². The summed E-state index contributed by atoms with van der Waals surface area (Å²) < 4.78 is 76.7. The molecule has 27 nitrogen and oxygen atoms in total. The van der Waals surface area contributed by atoms with Crippen LogP contribution in [0.4, 0.5) is 0 Å². The number of nitrogens with zero attached hydrogens (tertiary/aromatic N) is 3. The Bertz CT molecular complexity index is 1320. The van der Waals surface area contributed by atoms with E-state index in [2.05, 4.69) is 15.9 Å². The third-order valence-electron chi connectivity index (χ3n) is 10.4. The number of methoxy groups -OCH3 is 2. The summed E-state index contributed by atoms with van der Waals surface area (Å²) in [4.78, 5) is 24.1. The van der Waals surface area contributed by atoms with Gasteiger partial charge in [-0.1, -0.05) is 6.92 Å². The van der Waals surface area contributed by atoms with Crippen LogP contribution in [0.15, 0.2) is 5.28 Å². The van der Waals surface area contributed by atoms with Crippen molar-refractivity contribution in [2.24, 2.45) is 11.2 Å². The Morgan fingerprint density at radius 3 is 1.60 bits per heavy atom. The number of aliphatic hydroxyl groups is 4. The maximum absolute atomic E-state index is 12.9. The predicted molar refractivity (Wildman–Crippen MR) is 234 cm³/mol. The number of esters is 1. The van der Waals surface area contributed by atoms with Crippen LogP contribution in [0, 0.1) is 16.3 Å². The fraction of sp³-hybridized carbons (Fsp3) is 0.951. The number of amides is 1. The minimum Gasteiger partial charge on any atom is -0.737 e. The second-order valence-corrected chi connectivity index (χ2v) is 15.5. The number of aliphatic hydroxyl groups excluding tert-OH is 4. The molecule has 0 bridgehead atoms. The van der Waals surface area contributed by atoms with Crippen molar-refractivity contribution < 1.29 is 101 Å². The van der Waals surface area contributed by atoms with Crippen LogP contribution in [-0.2, 0) is 75.9 Å². The average molecular weight is 993 g/mol. The zero-order chi connectivity index (χ0) is 49.9. The SMILES string of the molecule is COCCOCCOCCOCCOCCOCCOCCOCCOCCOC(=O)CCNC(C)CN(C1[C@H](OC)OC(CO)[C@@H](O[C@@H]2OC(CO)[C@@H](C)[C@H](O)C2NC(C)=O)[C@@H]1O)/[N+]([O-])=N/[O-]. The van der Waals surface area contributed by atoms with Crippen LogP contribution in [0.1, 0.15) is 27.2 Å². The number of rotatable bonds is 41. The molecule has 0 aromatic heterocycles. The fourth-order valence-corrected chi connectivity index (χ4v) is 6.88. The lowest BCUT2D eigenvalue weighted by molar-refractivity contribution is -0.706. The van der Waals surface area contributed by atoms with Crippen molar-refractivity contribution in [3.63, 3.8) is 0 Å². The minimum absolute atomic E-state index is 0.00884. The van der Waals surface area contributed by atoms with E-state index in [1.165, 1.54) is 14.0 Å². The fourth-order valence-electron chi connectivity index (χ4n) is 6.88. The number of hydrazine groups is 1. The maximum Gasteiger partial charge on any atom is 0.307 e. The zero-order valence-electron chi connectivity index (χ0n) is 40.1. The van der Waals surface area contributed by atoms with Gasteiger partial charge in [-0.15, -0.1) is 5.01 Å². The van der Waals surface area contributed by atoms with Crippen molar-refractivity contribution in [3.8, 4) is 0 Å². The van der Waals surface area contributed by atoms with Gasteiger partial charge in [0, 0.05) is 44.6 Å². The van der Waals surface area contributed by atoms with Crippen molar-refractivity contribution in [1.82, 2.24) is 15.6 Å². The van der Waals surface area contributed by atoms with E-state index < -0.39 is 92.2 Å². The molecule has 0 saturated carbocycles. The summed E-state index contributed by atoms with van der Waals surface area (Å²) in [6.45, 7) is 10.3. The van der Waals surface area contributed by atoms with E-state index in [0.29, 0.717) is 99.1 Å². The van der Waals surface area contributed by atoms with E-state index in [0.717, 1.165) is 5.01 Å². The lowest BCUT2D eigenvalue weighted by Crippen LogP contribution is -2.69. The minimum atomic E-state index is -1.74. The van der Waals surface area contributed by atoms with Crippen LogP contribution < -0.4 is 10.6 Å². The maximum atomic E-state index is 12.9. The molecule has 2 rings (SSSR count). The van der Waals surface area contributed by atoms with Gasteiger partial charge < -0.3 is 108 Å². The molecule has 0 spiro atoms. The summed E-state index contributed by atoms with van der Waals surface area (Å²) in [7, 11) is 2.84. The Morgan fingerprint density at radius 1 is 0.721 bits per heavy atom. The molecule has 11 atom stereocenters. The van der Waals surface area contributed by atoms with Gasteiger partial charge in [0.1, 0.15) is 31.0 Å². The first-order valence-corrected chi connectivity index (χ1v) is 22.8. The number of hydrogen-bond acceptors (Lipinski definition) is 24. The second kappa shape index (κ2) is 38.0. The Labute approximate surface area is 397 Å². The van der Waals surface area contributed by atoms with Gasteiger partial charge >= 0.3 is 5.97 Å². The smallest absolute Gasteiger partial charge is 0.307 e. The van der Waals surface area contributed by atoms with Crippen LogP contribution >= 0.6 is 0 Å². The highest BCUT2D eigenvalue weighted by Gasteiger charge is 2.54. The average Bonchev–Trinajstić information content (AvgIpc) is 3.32. The molecule has 0 aromatic carbocycles. The molecule has 27 heteroatoms.